The van der Waals surface area contributed by atoms with Crippen LogP contribution in [0.15, 0.2) is 42.5 Å². The first-order valence-electron chi connectivity index (χ1n) is 11.1. The number of carbonyl (C=O) groups excluding carboxylic acids is 2. The summed E-state index contributed by atoms with van der Waals surface area (Å²) in [6, 6.07) is 11.9. The number of hydrogen-bond donors (Lipinski definition) is 4. The van der Waals surface area contributed by atoms with Gasteiger partial charge >= 0.3 is 0 Å². The summed E-state index contributed by atoms with van der Waals surface area (Å²) in [5, 5.41) is 37.6. The maximum atomic E-state index is 14.0. The van der Waals surface area contributed by atoms with Crippen molar-refractivity contribution in [1.29, 1.82) is 5.26 Å². The molecule has 2 aromatic carbocycles. The molecule has 4 N–H and O–H groups in total. The fourth-order valence-electron chi connectivity index (χ4n) is 3.55. The van der Waals surface area contributed by atoms with Crippen LogP contribution in [0.4, 0.5) is 4.39 Å². The third kappa shape index (κ3) is 6.20. The largest absolute Gasteiger partial charge is 0.394 e. The molecule has 0 saturated carbocycles. The van der Waals surface area contributed by atoms with Crippen LogP contribution in [0.3, 0.4) is 0 Å². The average Bonchev–Trinajstić information content (AvgIpc) is 3.17. The average molecular weight is 482 g/mol. The van der Waals surface area contributed by atoms with Gasteiger partial charge in [0.05, 0.1) is 36.4 Å². The second kappa shape index (κ2) is 10.6. The topological polar surface area (TPSA) is 140 Å². The van der Waals surface area contributed by atoms with Gasteiger partial charge in [-0.1, -0.05) is 32.9 Å². The summed E-state index contributed by atoms with van der Waals surface area (Å²) in [5.74, 6) is -1.62. The highest BCUT2D eigenvalue weighted by atomic mass is 19.1. The zero-order valence-electron chi connectivity index (χ0n) is 19.7. The number of halogens is 1. The summed E-state index contributed by atoms with van der Waals surface area (Å²) in [5.41, 5.74) is 1.06. The highest BCUT2D eigenvalue weighted by Gasteiger charge is 2.34. The Balaban J connectivity index is 1.91. The molecule has 3 aromatic rings. The number of benzene rings is 2. The monoisotopic (exact) mass is 481 g/mol. The number of aliphatic hydroxyl groups is 2. The molecule has 0 bridgehead atoms. The van der Waals surface area contributed by atoms with E-state index in [-0.39, 0.29) is 18.8 Å². The number of rotatable bonds is 8. The second-order valence-electron chi connectivity index (χ2n) is 9.33. The summed E-state index contributed by atoms with van der Waals surface area (Å²) < 4.78 is 15.5. The molecule has 2 amide bonds. The van der Waals surface area contributed by atoms with E-state index >= 15 is 0 Å². The molecular formula is C25H28FN5O4. The van der Waals surface area contributed by atoms with Crippen molar-refractivity contribution in [3.05, 3.63) is 65.1 Å². The molecule has 0 aliphatic heterocycles. The lowest BCUT2D eigenvalue weighted by atomic mass is 9.86. The van der Waals surface area contributed by atoms with Gasteiger partial charge in [0, 0.05) is 11.9 Å². The molecule has 10 heteroatoms. The molecular weight excluding hydrogens is 453 g/mol. The van der Waals surface area contributed by atoms with Crippen LogP contribution in [0.2, 0.25) is 0 Å². The van der Waals surface area contributed by atoms with Crippen molar-refractivity contribution in [2.24, 2.45) is 5.41 Å². The standard InChI is InChI=1S/C25H28FN5O4/c1-25(2,3)22(24(35)28-12-18(33)14-32)29-23(34)21-19-9-8-17(26)10-20(19)31(30-21)13-16-6-4-15(11-27)5-7-16/h4-10,18,22,32-33H,12-14H2,1-3H3,(H,28,35)(H,29,34). The minimum absolute atomic E-state index is 0.0334. The molecule has 3 rings (SSSR count). The minimum Gasteiger partial charge on any atom is -0.394 e. The molecule has 35 heavy (non-hydrogen) atoms. The number of hydrogen-bond acceptors (Lipinski definition) is 6. The van der Waals surface area contributed by atoms with Crippen molar-refractivity contribution >= 4 is 22.7 Å². The van der Waals surface area contributed by atoms with Gasteiger partial charge in [0.25, 0.3) is 5.91 Å². The van der Waals surface area contributed by atoms with Gasteiger partial charge in [-0.3, -0.25) is 14.3 Å². The van der Waals surface area contributed by atoms with Crippen LogP contribution in [0.25, 0.3) is 10.9 Å². The highest BCUT2D eigenvalue weighted by Crippen LogP contribution is 2.24. The van der Waals surface area contributed by atoms with Crippen molar-refractivity contribution in [3.8, 4) is 6.07 Å². The summed E-state index contributed by atoms with van der Waals surface area (Å²) in [6.45, 7) is 4.89. The number of aromatic nitrogens is 2. The van der Waals surface area contributed by atoms with Crippen LogP contribution in [-0.4, -0.2) is 57.1 Å². The first-order valence-corrected chi connectivity index (χ1v) is 11.1. The fraction of sp³-hybridized carbons (Fsp3) is 0.360. The number of fused-ring (bicyclic) bond motifs is 1. The Morgan fingerprint density at radius 2 is 1.89 bits per heavy atom. The van der Waals surface area contributed by atoms with Gasteiger partial charge in [-0.2, -0.15) is 10.4 Å². The van der Waals surface area contributed by atoms with Crippen molar-refractivity contribution in [2.45, 2.75) is 39.5 Å². The lowest BCUT2D eigenvalue weighted by molar-refractivity contribution is -0.125. The van der Waals surface area contributed by atoms with Crippen LogP contribution in [0.5, 0.6) is 0 Å². The molecule has 0 aliphatic carbocycles. The number of nitrogens with zero attached hydrogens (tertiary/aromatic N) is 3. The Morgan fingerprint density at radius 3 is 2.49 bits per heavy atom. The van der Waals surface area contributed by atoms with Gasteiger partial charge in [0.2, 0.25) is 5.91 Å². The first-order chi connectivity index (χ1) is 16.5. The Labute approximate surface area is 202 Å². The van der Waals surface area contributed by atoms with Gasteiger partial charge in [0.15, 0.2) is 5.69 Å². The Bertz CT molecular complexity index is 1260. The number of carbonyl (C=O) groups is 2. The van der Waals surface area contributed by atoms with Crippen molar-refractivity contribution in [2.75, 3.05) is 13.2 Å². The fourth-order valence-corrected chi connectivity index (χ4v) is 3.55. The lowest BCUT2D eigenvalue weighted by Gasteiger charge is -2.30. The van der Waals surface area contributed by atoms with Crippen LogP contribution in [-0.2, 0) is 11.3 Å². The predicted octanol–water partition coefficient (Wildman–Crippen LogP) is 1.71. The summed E-state index contributed by atoms with van der Waals surface area (Å²) in [4.78, 5) is 26.0. The van der Waals surface area contributed by atoms with Gasteiger partial charge in [-0.15, -0.1) is 0 Å². The zero-order chi connectivity index (χ0) is 25.8. The van der Waals surface area contributed by atoms with E-state index in [1.165, 1.54) is 22.9 Å². The SMILES string of the molecule is CC(C)(C)C(NC(=O)c1nn(Cc2ccc(C#N)cc2)c2cc(F)ccc12)C(=O)NCC(O)CO. The summed E-state index contributed by atoms with van der Waals surface area (Å²) >= 11 is 0. The van der Waals surface area contributed by atoms with E-state index in [4.69, 9.17) is 10.4 Å². The summed E-state index contributed by atoms with van der Waals surface area (Å²) in [7, 11) is 0. The minimum atomic E-state index is -1.12. The van der Waals surface area contributed by atoms with Gasteiger partial charge in [0.1, 0.15) is 11.9 Å². The van der Waals surface area contributed by atoms with E-state index in [0.29, 0.717) is 16.5 Å². The van der Waals surface area contributed by atoms with E-state index in [1.807, 2.05) is 6.07 Å². The van der Waals surface area contributed by atoms with Crippen LogP contribution >= 0.6 is 0 Å². The molecule has 2 atom stereocenters. The van der Waals surface area contributed by atoms with E-state index in [0.717, 1.165) is 5.56 Å². The lowest BCUT2D eigenvalue weighted by Crippen LogP contribution is -2.54. The molecule has 9 nitrogen and oxygen atoms in total. The number of amides is 2. The quantitative estimate of drug-likeness (QED) is 0.386. The maximum absolute atomic E-state index is 14.0. The van der Waals surface area contributed by atoms with Gasteiger partial charge in [-0.05, 0) is 41.3 Å². The molecule has 1 heterocycles. The van der Waals surface area contributed by atoms with Crippen molar-refractivity contribution in [3.63, 3.8) is 0 Å². The number of nitrogens with one attached hydrogen (secondary N) is 2. The highest BCUT2D eigenvalue weighted by molar-refractivity contribution is 6.06. The van der Waals surface area contributed by atoms with Gasteiger partial charge < -0.3 is 20.8 Å². The van der Waals surface area contributed by atoms with E-state index in [9.17, 15) is 19.1 Å². The molecule has 0 saturated heterocycles. The second-order valence-corrected chi connectivity index (χ2v) is 9.33. The van der Waals surface area contributed by atoms with E-state index in [1.54, 1.807) is 45.0 Å². The summed E-state index contributed by atoms with van der Waals surface area (Å²) in [6.07, 6.45) is -1.12. The Morgan fingerprint density at radius 1 is 1.20 bits per heavy atom. The normalized spacial score (nSPS) is 13.2. The van der Waals surface area contributed by atoms with Gasteiger partial charge in [-0.25, -0.2) is 4.39 Å². The molecule has 184 valence electrons. The van der Waals surface area contributed by atoms with Crippen molar-refractivity contribution < 1.29 is 24.2 Å². The maximum Gasteiger partial charge on any atom is 0.273 e. The number of nitriles is 1. The smallest absolute Gasteiger partial charge is 0.273 e. The predicted molar refractivity (Wildman–Crippen MR) is 127 cm³/mol. The first kappa shape index (κ1) is 25.8. The molecule has 0 aliphatic rings. The zero-order valence-corrected chi connectivity index (χ0v) is 19.7. The third-order valence-electron chi connectivity index (χ3n) is 5.47. The van der Waals surface area contributed by atoms with Crippen LogP contribution in [0, 0.1) is 22.6 Å². The Kier molecular flexibility index (Phi) is 7.84. The van der Waals surface area contributed by atoms with Crippen LogP contribution < -0.4 is 10.6 Å². The third-order valence-corrected chi connectivity index (χ3v) is 5.47. The van der Waals surface area contributed by atoms with Crippen LogP contribution in [0.1, 0.15) is 42.4 Å². The van der Waals surface area contributed by atoms with E-state index < -0.39 is 41.8 Å². The van der Waals surface area contributed by atoms with Crippen molar-refractivity contribution in [1.82, 2.24) is 20.4 Å². The Hall–Kier alpha value is -3.81. The molecule has 0 fully saturated rings. The molecule has 0 radical (unpaired) electrons. The molecule has 2 unspecified atom stereocenters. The molecule has 0 spiro atoms. The number of aliphatic hydroxyl groups excluding tert-OH is 2. The van der Waals surface area contributed by atoms with E-state index in [2.05, 4.69) is 15.7 Å². The molecule has 1 aromatic heterocycles.